The molecule has 0 aliphatic heterocycles. The molecule has 0 saturated heterocycles. The van der Waals surface area contributed by atoms with Crippen LogP contribution in [0.3, 0.4) is 0 Å². The van der Waals surface area contributed by atoms with E-state index in [1.165, 1.54) is 18.2 Å². The third-order valence-electron chi connectivity index (χ3n) is 3.19. The van der Waals surface area contributed by atoms with Crippen molar-refractivity contribution < 1.29 is 24.0 Å². The van der Waals surface area contributed by atoms with Gasteiger partial charge in [0.1, 0.15) is 0 Å². The molecule has 1 unspecified atom stereocenters. The Bertz CT molecular complexity index is 604. The Kier molecular flexibility index (Phi) is 7.94. The Hall–Kier alpha value is -1.86. The van der Waals surface area contributed by atoms with Crippen molar-refractivity contribution in [3.63, 3.8) is 0 Å². The number of halogens is 2. The van der Waals surface area contributed by atoms with Gasteiger partial charge < -0.3 is 9.47 Å². The van der Waals surface area contributed by atoms with E-state index < -0.39 is 35.2 Å². The lowest BCUT2D eigenvalue weighted by atomic mass is 9.85. The van der Waals surface area contributed by atoms with Crippen LogP contribution < -0.4 is 0 Å². The van der Waals surface area contributed by atoms with Crippen LogP contribution in [0.2, 0.25) is 10.0 Å². The lowest BCUT2D eigenvalue weighted by Crippen LogP contribution is -2.36. The van der Waals surface area contributed by atoms with E-state index in [9.17, 15) is 19.7 Å². The zero-order chi connectivity index (χ0) is 18.3. The number of ether oxygens (including phenoxy) is 2. The molecule has 132 valence electrons. The van der Waals surface area contributed by atoms with E-state index in [0.717, 1.165) is 0 Å². The maximum Gasteiger partial charge on any atom is 0.321 e. The van der Waals surface area contributed by atoms with Crippen LogP contribution >= 0.6 is 23.2 Å². The number of rotatable bonds is 8. The Balaban J connectivity index is 3.37. The minimum absolute atomic E-state index is 0.0221. The van der Waals surface area contributed by atoms with Crippen molar-refractivity contribution in [3.8, 4) is 0 Å². The van der Waals surface area contributed by atoms with E-state index in [1.54, 1.807) is 13.8 Å². The van der Waals surface area contributed by atoms with Gasteiger partial charge in [-0.1, -0.05) is 29.3 Å². The van der Waals surface area contributed by atoms with Gasteiger partial charge in [-0.15, -0.1) is 0 Å². The topological polar surface area (TPSA) is 95.7 Å². The molecule has 1 aromatic rings. The first-order valence-corrected chi connectivity index (χ1v) is 7.97. The van der Waals surface area contributed by atoms with Gasteiger partial charge in [-0.2, -0.15) is 0 Å². The monoisotopic (exact) mass is 377 g/mol. The first-order valence-electron chi connectivity index (χ1n) is 7.21. The number of carbonyl (C=O) groups is 2. The molecule has 9 heteroatoms. The second-order valence-electron chi connectivity index (χ2n) is 4.77. The molecule has 7 nitrogen and oxygen atoms in total. The van der Waals surface area contributed by atoms with Crippen LogP contribution in [-0.2, 0) is 19.1 Å². The molecule has 0 aliphatic rings. The summed E-state index contributed by atoms with van der Waals surface area (Å²) in [5, 5.41) is 11.5. The molecule has 0 N–H and O–H groups in total. The highest BCUT2D eigenvalue weighted by Crippen LogP contribution is 2.34. The van der Waals surface area contributed by atoms with Crippen LogP contribution in [0, 0.1) is 16.0 Å². The van der Waals surface area contributed by atoms with Gasteiger partial charge >= 0.3 is 11.9 Å². The summed E-state index contributed by atoms with van der Waals surface area (Å²) < 4.78 is 9.78. The van der Waals surface area contributed by atoms with E-state index >= 15 is 0 Å². The fraction of sp³-hybridized carbons (Fsp3) is 0.467. The number of hydrogen-bond acceptors (Lipinski definition) is 6. The highest BCUT2D eigenvalue weighted by molar-refractivity contribution is 6.35. The molecule has 24 heavy (non-hydrogen) atoms. The zero-order valence-corrected chi connectivity index (χ0v) is 14.7. The van der Waals surface area contributed by atoms with Crippen LogP contribution in [0.5, 0.6) is 0 Å². The maximum absolute atomic E-state index is 12.2. The first-order chi connectivity index (χ1) is 11.3. The van der Waals surface area contributed by atoms with E-state index in [-0.39, 0.29) is 23.8 Å². The molecule has 0 radical (unpaired) electrons. The van der Waals surface area contributed by atoms with Crippen molar-refractivity contribution >= 4 is 35.1 Å². The molecule has 0 saturated carbocycles. The van der Waals surface area contributed by atoms with Crippen LogP contribution in [0.1, 0.15) is 25.3 Å². The summed E-state index contributed by atoms with van der Waals surface area (Å²) in [7, 11) is 0. The highest BCUT2D eigenvalue weighted by atomic mass is 35.5. The summed E-state index contributed by atoms with van der Waals surface area (Å²) in [6.07, 6.45) is 0. The number of nitrogens with zero attached hydrogens (tertiary/aromatic N) is 1. The third kappa shape index (κ3) is 5.35. The summed E-state index contributed by atoms with van der Waals surface area (Å²) in [4.78, 5) is 34.9. The van der Waals surface area contributed by atoms with Crippen molar-refractivity contribution in [1.82, 2.24) is 0 Å². The minimum Gasteiger partial charge on any atom is -0.465 e. The van der Waals surface area contributed by atoms with E-state index in [2.05, 4.69) is 0 Å². The highest BCUT2D eigenvalue weighted by Gasteiger charge is 2.42. The molecule has 0 heterocycles. The Labute approximate surface area is 149 Å². The number of esters is 2. The minimum atomic E-state index is -1.49. The predicted molar refractivity (Wildman–Crippen MR) is 87.8 cm³/mol. The van der Waals surface area contributed by atoms with Crippen LogP contribution in [0.25, 0.3) is 0 Å². The largest absolute Gasteiger partial charge is 0.465 e. The van der Waals surface area contributed by atoms with Gasteiger partial charge in [0.25, 0.3) is 0 Å². The van der Waals surface area contributed by atoms with Gasteiger partial charge in [-0.3, -0.25) is 19.7 Å². The fourth-order valence-electron chi connectivity index (χ4n) is 2.23. The zero-order valence-electron chi connectivity index (χ0n) is 13.2. The number of benzene rings is 1. The fourth-order valence-corrected chi connectivity index (χ4v) is 2.78. The van der Waals surface area contributed by atoms with Gasteiger partial charge in [0.2, 0.25) is 6.54 Å². The number of carbonyl (C=O) groups excluding carboxylic acids is 2. The van der Waals surface area contributed by atoms with Crippen molar-refractivity contribution in [1.29, 1.82) is 0 Å². The van der Waals surface area contributed by atoms with Gasteiger partial charge in [-0.25, -0.2) is 0 Å². The molecular weight excluding hydrogens is 361 g/mol. The smallest absolute Gasteiger partial charge is 0.321 e. The Morgan fingerprint density at radius 1 is 1.17 bits per heavy atom. The van der Waals surface area contributed by atoms with Crippen molar-refractivity contribution in [2.75, 3.05) is 19.8 Å². The third-order valence-corrected chi connectivity index (χ3v) is 3.75. The average Bonchev–Trinajstić information content (AvgIpc) is 2.46. The second-order valence-corrected chi connectivity index (χ2v) is 5.61. The Morgan fingerprint density at radius 3 is 2.12 bits per heavy atom. The van der Waals surface area contributed by atoms with Gasteiger partial charge in [0.05, 0.1) is 19.1 Å². The van der Waals surface area contributed by atoms with E-state index in [4.69, 9.17) is 32.7 Å². The maximum atomic E-state index is 12.2. The quantitative estimate of drug-likeness (QED) is 0.299. The average molecular weight is 378 g/mol. The van der Waals surface area contributed by atoms with Gasteiger partial charge in [-0.05, 0) is 31.5 Å². The summed E-state index contributed by atoms with van der Waals surface area (Å²) in [5.41, 5.74) is 0.254. The van der Waals surface area contributed by atoms with Crippen molar-refractivity contribution in [3.05, 3.63) is 43.9 Å². The summed E-state index contributed by atoms with van der Waals surface area (Å²) >= 11 is 11.9. The molecule has 1 atom stereocenters. The standard InChI is InChI=1S/C15H17Cl2NO6/c1-3-23-14(19)13(15(20)24-4-2)11(8-18(21)22)10-6-5-9(16)7-12(10)17/h5-7,11,13H,3-4,8H2,1-2H3. The summed E-state index contributed by atoms with van der Waals surface area (Å²) in [6.45, 7) is 2.49. The van der Waals surface area contributed by atoms with E-state index in [1.807, 2.05) is 0 Å². The van der Waals surface area contributed by atoms with Crippen LogP contribution in [-0.4, -0.2) is 36.6 Å². The normalized spacial score (nSPS) is 11.9. The van der Waals surface area contributed by atoms with Crippen molar-refractivity contribution in [2.24, 2.45) is 5.92 Å². The molecule has 0 aromatic heterocycles. The second kappa shape index (κ2) is 9.44. The first kappa shape index (κ1) is 20.2. The van der Waals surface area contributed by atoms with Crippen LogP contribution in [0.4, 0.5) is 0 Å². The Morgan fingerprint density at radius 2 is 1.71 bits per heavy atom. The summed E-state index contributed by atoms with van der Waals surface area (Å²) in [6, 6.07) is 4.31. The molecule has 0 spiro atoms. The van der Waals surface area contributed by atoms with Gasteiger partial charge in [0, 0.05) is 15.0 Å². The molecule has 0 aliphatic carbocycles. The molecule has 1 aromatic carbocycles. The molecule has 0 fully saturated rings. The number of nitro groups is 1. The van der Waals surface area contributed by atoms with Crippen molar-refractivity contribution in [2.45, 2.75) is 19.8 Å². The predicted octanol–water partition coefficient (Wildman–Crippen LogP) is 3.10. The molecule has 0 amide bonds. The number of hydrogen-bond donors (Lipinski definition) is 0. The molecule has 1 rings (SSSR count). The van der Waals surface area contributed by atoms with E-state index in [0.29, 0.717) is 5.02 Å². The SMILES string of the molecule is CCOC(=O)C(C(=O)OCC)C(C[N+](=O)[O-])c1ccc(Cl)cc1Cl. The van der Waals surface area contributed by atoms with Gasteiger partial charge in [0.15, 0.2) is 5.92 Å². The lowest BCUT2D eigenvalue weighted by molar-refractivity contribution is -0.484. The summed E-state index contributed by atoms with van der Waals surface area (Å²) in [5.74, 6) is -4.42. The van der Waals surface area contributed by atoms with Crippen LogP contribution in [0.15, 0.2) is 18.2 Å². The molecular formula is C15H17Cl2NO6. The molecule has 0 bridgehead atoms. The lowest BCUT2D eigenvalue weighted by Gasteiger charge is -2.22.